The van der Waals surface area contributed by atoms with E-state index in [-0.39, 0.29) is 0 Å². The van der Waals surface area contributed by atoms with Crippen LogP contribution in [-0.2, 0) is 0 Å². The van der Waals surface area contributed by atoms with Gasteiger partial charge in [-0.05, 0) is 5.92 Å². The molecular weight excluding hydrogens is 124 g/mol. The van der Waals surface area contributed by atoms with Gasteiger partial charge in [0.05, 0.1) is 0 Å². The Kier molecular flexibility index (Phi) is 2.77. The molecule has 0 amide bonds. The van der Waals surface area contributed by atoms with Crippen molar-refractivity contribution in [2.75, 3.05) is 0 Å². The normalized spacial score (nSPS) is 35.7. The third kappa shape index (κ3) is 1.82. The van der Waals surface area contributed by atoms with Crippen LogP contribution in [0.4, 0.5) is 0 Å². The van der Waals surface area contributed by atoms with Crippen LogP contribution in [0.2, 0.25) is 5.54 Å². The van der Waals surface area contributed by atoms with Crippen molar-refractivity contribution >= 4 is 10.2 Å². The van der Waals surface area contributed by atoms with E-state index in [0.717, 1.165) is 5.92 Å². The third-order valence-electron chi connectivity index (χ3n) is 2.70. The molecule has 0 saturated heterocycles. The molecule has 0 aromatic heterocycles. The molecule has 1 heteroatoms. The molecule has 2 unspecified atom stereocenters. The summed E-state index contributed by atoms with van der Waals surface area (Å²) in [6, 6.07) is 0. The van der Waals surface area contributed by atoms with Crippen LogP contribution in [0.5, 0.6) is 0 Å². The quantitative estimate of drug-likeness (QED) is 0.515. The second-order valence-electron chi connectivity index (χ2n) is 3.46. The first kappa shape index (κ1) is 7.33. The summed E-state index contributed by atoms with van der Waals surface area (Å²) >= 11 is 0. The molecule has 1 rings (SSSR count). The van der Waals surface area contributed by atoms with Crippen LogP contribution in [0, 0.1) is 5.92 Å². The van der Waals surface area contributed by atoms with E-state index >= 15 is 0 Å². The fraction of sp³-hybridized carbons (Fsp3) is 1.00. The topological polar surface area (TPSA) is 0 Å². The molecule has 0 aromatic carbocycles. The summed E-state index contributed by atoms with van der Waals surface area (Å²) in [5, 5.41) is 0. The van der Waals surface area contributed by atoms with Gasteiger partial charge in [-0.2, -0.15) is 0 Å². The highest BCUT2D eigenvalue weighted by Crippen LogP contribution is 2.36. The van der Waals surface area contributed by atoms with Gasteiger partial charge in [-0.1, -0.05) is 44.6 Å². The van der Waals surface area contributed by atoms with Crippen molar-refractivity contribution in [1.29, 1.82) is 0 Å². The molecular formula is C8H18Si. The van der Waals surface area contributed by atoms with Crippen molar-refractivity contribution in [1.82, 2.24) is 0 Å². The molecule has 1 aliphatic carbocycles. The van der Waals surface area contributed by atoms with Crippen molar-refractivity contribution in [3.05, 3.63) is 0 Å². The average Bonchev–Trinajstić information content (AvgIpc) is 2.18. The molecule has 1 fully saturated rings. The number of hydrogen-bond donors (Lipinski definition) is 0. The van der Waals surface area contributed by atoms with Gasteiger partial charge in [0.15, 0.2) is 0 Å². The minimum atomic E-state index is 1.14. The van der Waals surface area contributed by atoms with Crippen LogP contribution in [0.25, 0.3) is 0 Å². The van der Waals surface area contributed by atoms with Crippen molar-refractivity contribution < 1.29 is 0 Å². The standard InChI is InChI=1S/C8H18Si/c1-2-4-7-5-3-6-8(7)9/h7-8H,2-6H2,1,9H3. The van der Waals surface area contributed by atoms with Crippen LogP contribution in [-0.4, -0.2) is 10.2 Å². The van der Waals surface area contributed by atoms with E-state index in [4.69, 9.17) is 0 Å². The second-order valence-corrected chi connectivity index (χ2v) is 4.94. The Morgan fingerprint density at radius 3 is 2.67 bits per heavy atom. The summed E-state index contributed by atoms with van der Waals surface area (Å²) < 4.78 is 0. The predicted octanol–water partition coefficient (Wildman–Crippen LogP) is 1.74. The second kappa shape index (κ2) is 3.40. The number of rotatable bonds is 2. The van der Waals surface area contributed by atoms with Crippen LogP contribution < -0.4 is 0 Å². The molecule has 0 bridgehead atoms. The van der Waals surface area contributed by atoms with E-state index in [1.165, 1.54) is 35.0 Å². The zero-order valence-corrected chi connectivity index (χ0v) is 8.69. The molecule has 9 heavy (non-hydrogen) atoms. The lowest BCUT2D eigenvalue weighted by molar-refractivity contribution is 0.496. The lowest BCUT2D eigenvalue weighted by atomic mass is 10.0. The van der Waals surface area contributed by atoms with Crippen LogP contribution in [0.1, 0.15) is 39.0 Å². The SMILES string of the molecule is CCCC1CCCC1[SiH3]. The molecule has 1 aliphatic rings. The van der Waals surface area contributed by atoms with Crippen LogP contribution in [0.3, 0.4) is 0 Å². The third-order valence-corrected chi connectivity index (χ3v) is 4.22. The molecule has 0 spiro atoms. The minimum Gasteiger partial charge on any atom is -0.0654 e. The van der Waals surface area contributed by atoms with Crippen LogP contribution in [0.15, 0.2) is 0 Å². The molecule has 0 aromatic rings. The van der Waals surface area contributed by atoms with E-state index in [1.54, 1.807) is 12.8 Å². The van der Waals surface area contributed by atoms with Gasteiger partial charge in [0, 0.05) is 10.2 Å². The maximum Gasteiger partial charge on any atom is 0.00708 e. The molecule has 1 saturated carbocycles. The highest BCUT2D eigenvalue weighted by molar-refractivity contribution is 6.11. The highest BCUT2D eigenvalue weighted by Gasteiger charge is 2.21. The largest absolute Gasteiger partial charge is 0.0654 e. The summed E-state index contributed by atoms with van der Waals surface area (Å²) in [5.74, 6) is 1.14. The van der Waals surface area contributed by atoms with Gasteiger partial charge >= 0.3 is 0 Å². The van der Waals surface area contributed by atoms with Gasteiger partial charge < -0.3 is 0 Å². The van der Waals surface area contributed by atoms with Crippen molar-refractivity contribution in [3.63, 3.8) is 0 Å². The van der Waals surface area contributed by atoms with Crippen LogP contribution >= 0.6 is 0 Å². The number of hydrogen-bond acceptors (Lipinski definition) is 0. The zero-order valence-electron chi connectivity index (χ0n) is 6.69. The Hall–Kier alpha value is 0.217. The summed E-state index contributed by atoms with van der Waals surface area (Å²) in [5.41, 5.74) is 1.17. The monoisotopic (exact) mass is 142 g/mol. The maximum atomic E-state index is 2.31. The van der Waals surface area contributed by atoms with Gasteiger partial charge in [-0.25, -0.2) is 0 Å². The molecule has 0 N–H and O–H groups in total. The highest BCUT2D eigenvalue weighted by atomic mass is 28.1. The Bertz CT molecular complexity index is 80.6. The van der Waals surface area contributed by atoms with Gasteiger partial charge in [-0.15, -0.1) is 0 Å². The van der Waals surface area contributed by atoms with Crippen molar-refractivity contribution in [2.45, 2.75) is 44.6 Å². The molecule has 54 valence electrons. The zero-order chi connectivity index (χ0) is 6.69. The summed E-state index contributed by atoms with van der Waals surface area (Å²) in [6.45, 7) is 2.31. The Morgan fingerprint density at radius 1 is 1.44 bits per heavy atom. The lowest BCUT2D eigenvalue weighted by Crippen LogP contribution is -2.00. The van der Waals surface area contributed by atoms with Gasteiger partial charge in [0.25, 0.3) is 0 Å². The fourth-order valence-electron chi connectivity index (χ4n) is 2.02. The van der Waals surface area contributed by atoms with E-state index in [1.807, 2.05) is 0 Å². The smallest absolute Gasteiger partial charge is 0.00708 e. The van der Waals surface area contributed by atoms with Gasteiger partial charge in [0.2, 0.25) is 0 Å². The molecule has 2 atom stereocenters. The molecule has 0 nitrogen and oxygen atoms in total. The molecule has 0 aliphatic heterocycles. The Morgan fingerprint density at radius 2 is 2.22 bits per heavy atom. The summed E-state index contributed by atoms with van der Waals surface area (Å²) in [6.07, 6.45) is 7.54. The minimum absolute atomic E-state index is 1.14. The van der Waals surface area contributed by atoms with E-state index in [9.17, 15) is 0 Å². The first-order valence-corrected chi connectivity index (χ1v) is 5.50. The average molecular weight is 142 g/mol. The maximum absolute atomic E-state index is 2.31. The molecule has 0 heterocycles. The summed E-state index contributed by atoms with van der Waals surface area (Å²) in [4.78, 5) is 0. The van der Waals surface area contributed by atoms with E-state index in [2.05, 4.69) is 6.92 Å². The lowest BCUT2D eigenvalue weighted by Gasteiger charge is -2.12. The Balaban J connectivity index is 2.22. The molecule has 0 radical (unpaired) electrons. The first-order chi connectivity index (χ1) is 4.34. The Labute approximate surface area is 61.5 Å². The van der Waals surface area contributed by atoms with Gasteiger partial charge in [-0.3, -0.25) is 0 Å². The van der Waals surface area contributed by atoms with Gasteiger partial charge in [0.1, 0.15) is 0 Å². The predicted molar refractivity (Wildman–Crippen MR) is 45.9 cm³/mol. The van der Waals surface area contributed by atoms with Crippen molar-refractivity contribution in [3.8, 4) is 0 Å². The fourth-order valence-corrected chi connectivity index (χ4v) is 3.10. The van der Waals surface area contributed by atoms with Crippen molar-refractivity contribution in [2.24, 2.45) is 5.92 Å². The van der Waals surface area contributed by atoms with E-state index in [0.29, 0.717) is 0 Å². The summed E-state index contributed by atoms with van der Waals surface area (Å²) in [7, 11) is 1.45. The van der Waals surface area contributed by atoms with E-state index < -0.39 is 0 Å². The first-order valence-electron chi connectivity index (χ1n) is 4.34.